The summed E-state index contributed by atoms with van der Waals surface area (Å²) in [6.45, 7) is 6.80. The lowest BCUT2D eigenvalue weighted by Crippen LogP contribution is -2.57. The lowest BCUT2D eigenvalue weighted by atomic mass is 9.92. The molecule has 2 aliphatic rings. The van der Waals surface area contributed by atoms with Gasteiger partial charge in [-0.15, -0.1) is 0 Å². The van der Waals surface area contributed by atoms with E-state index in [-0.39, 0.29) is 49.2 Å². The molecule has 21 nitrogen and oxygen atoms in total. The number of rotatable bonds is 30. The van der Waals surface area contributed by atoms with Crippen LogP contribution in [0.15, 0.2) is 0 Å². The van der Waals surface area contributed by atoms with Crippen LogP contribution >= 0.6 is 11.8 Å². The average Bonchev–Trinajstić information content (AvgIpc) is 3.76. The molecule has 0 aliphatic carbocycles. The van der Waals surface area contributed by atoms with E-state index in [2.05, 4.69) is 42.5 Å². The number of hydroxylamine groups is 1. The standard InChI is InChI=1S/C39H69N11O10S/c1-22(2)17-24(18-30(52)50-60)36(56)46-26(12-7-9-15-40)37(57)48-33(23(3)4)38(58)44-19-31(53)43-20-32(54)45-25(35(41)55)11-8-10-16-42-29(51)14-6-5-13-28-34-27(21-61-28)47-39(59)49-34/h22-28,33-34,60H,5-21,40H2,1-4H3,(H2,41,55)(H,42,51)(H,43,53)(H,44,58)(H,45,54)(H,46,56)(H,48,57)(H,50,52)(H2,47,49,59)/t24?,25-,26-,27-,28-,33-,34-/m0/s1. The number of thioether (sulfide) groups is 1. The molecule has 14 N–H and O–H groups in total. The van der Waals surface area contributed by atoms with Crippen LogP contribution in [0.1, 0.15) is 105 Å². The van der Waals surface area contributed by atoms with Crippen molar-refractivity contribution in [2.45, 2.75) is 140 Å². The molecule has 0 saturated carbocycles. The van der Waals surface area contributed by atoms with E-state index < -0.39 is 84.4 Å². The summed E-state index contributed by atoms with van der Waals surface area (Å²) < 4.78 is 0. The second kappa shape index (κ2) is 28.0. The predicted molar refractivity (Wildman–Crippen MR) is 227 cm³/mol. The van der Waals surface area contributed by atoms with Gasteiger partial charge >= 0.3 is 6.03 Å². The molecule has 2 aliphatic heterocycles. The molecular formula is C39H69N11O10S. The molecule has 1 unspecified atom stereocenters. The van der Waals surface area contributed by atoms with Gasteiger partial charge in [0, 0.05) is 36.3 Å². The first-order valence-corrected chi connectivity index (χ1v) is 22.3. The van der Waals surface area contributed by atoms with E-state index in [1.54, 1.807) is 13.8 Å². The van der Waals surface area contributed by atoms with Gasteiger partial charge in [-0.1, -0.05) is 34.1 Å². The van der Waals surface area contributed by atoms with Crippen LogP contribution in [0.5, 0.6) is 0 Å². The number of unbranched alkanes of at least 4 members (excludes halogenated alkanes) is 3. The van der Waals surface area contributed by atoms with Crippen molar-refractivity contribution in [2.24, 2.45) is 29.2 Å². The van der Waals surface area contributed by atoms with Gasteiger partial charge in [0.25, 0.3) is 0 Å². The van der Waals surface area contributed by atoms with Crippen molar-refractivity contribution in [3.63, 3.8) is 0 Å². The molecule has 22 heteroatoms. The van der Waals surface area contributed by atoms with Crippen molar-refractivity contribution in [1.29, 1.82) is 0 Å². The highest BCUT2D eigenvalue weighted by atomic mass is 32.2. The third kappa shape index (κ3) is 20.1. The molecule has 7 atom stereocenters. The van der Waals surface area contributed by atoms with Crippen molar-refractivity contribution in [3.05, 3.63) is 0 Å². The molecule has 10 amide bonds. The molecule has 2 saturated heterocycles. The maximum absolute atomic E-state index is 13.5. The fourth-order valence-corrected chi connectivity index (χ4v) is 8.62. The Kier molecular flexibility index (Phi) is 24.1. The van der Waals surface area contributed by atoms with Crippen LogP contribution in [-0.2, 0) is 38.4 Å². The summed E-state index contributed by atoms with van der Waals surface area (Å²) in [6.07, 6.45) is 5.42. The van der Waals surface area contributed by atoms with Crippen LogP contribution in [0.3, 0.4) is 0 Å². The van der Waals surface area contributed by atoms with Gasteiger partial charge in [0.15, 0.2) is 0 Å². The molecular weight excluding hydrogens is 815 g/mol. The van der Waals surface area contributed by atoms with Gasteiger partial charge in [-0.2, -0.15) is 11.8 Å². The van der Waals surface area contributed by atoms with Crippen molar-refractivity contribution in [2.75, 3.05) is 31.9 Å². The van der Waals surface area contributed by atoms with Crippen molar-refractivity contribution in [3.8, 4) is 0 Å². The Hall–Kier alpha value is -4.70. The number of hydrogen-bond acceptors (Lipinski definition) is 12. The number of hydrogen-bond donors (Lipinski definition) is 12. The minimum atomic E-state index is -1.11. The summed E-state index contributed by atoms with van der Waals surface area (Å²) in [5.74, 6) is -5.23. The minimum absolute atomic E-state index is 0.0307. The summed E-state index contributed by atoms with van der Waals surface area (Å²) in [5, 5.41) is 30.7. The Bertz CT molecular complexity index is 1500. The summed E-state index contributed by atoms with van der Waals surface area (Å²) in [5.41, 5.74) is 12.6. The zero-order chi connectivity index (χ0) is 45.5. The topological polar surface area (TPSA) is 334 Å². The Morgan fingerprint density at radius 3 is 2.10 bits per heavy atom. The first-order chi connectivity index (χ1) is 28.9. The van der Waals surface area contributed by atoms with E-state index >= 15 is 0 Å². The van der Waals surface area contributed by atoms with E-state index in [0.29, 0.717) is 56.9 Å². The van der Waals surface area contributed by atoms with E-state index in [0.717, 1.165) is 25.0 Å². The van der Waals surface area contributed by atoms with Gasteiger partial charge in [-0.25, -0.2) is 10.3 Å². The van der Waals surface area contributed by atoms with Crippen LogP contribution in [0.25, 0.3) is 0 Å². The fourth-order valence-electron chi connectivity index (χ4n) is 7.07. The molecule has 0 aromatic rings. The normalized spacial score (nSPS) is 18.7. The van der Waals surface area contributed by atoms with Crippen LogP contribution in [0.2, 0.25) is 0 Å². The van der Waals surface area contributed by atoms with Gasteiger partial charge in [0.2, 0.25) is 47.3 Å². The second-order valence-electron chi connectivity index (χ2n) is 16.4. The highest BCUT2D eigenvalue weighted by Crippen LogP contribution is 2.33. The van der Waals surface area contributed by atoms with Gasteiger partial charge in [0.1, 0.15) is 18.1 Å². The summed E-state index contributed by atoms with van der Waals surface area (Å²) in [6, 6.07) is -2.99. The summed E-state index contributed by atoms with van der Waals surface area (Å²) >= 11 is 1.84. The lowest BCUT2D eigenvalue weighted by Gasteiger charge is -2.27. The summed E-state index contributed by atoms with van der Waals surface area (Å²) in [4.78, 5) is 113. The monoisotopic (exact) mass is 883 g/mol. The molecule has 2 fully saturated rings. The molecule has 0 spiro atoms. The summed E-state index contributed by atoms with van der Waals surface area (Å²) in [7, 11) is 0. The Morgan fingerprint density at radius 1 is 0.754 bits per heavy atom. The largest absolute Gasteiger partial charge is 0.368 e. The Balaban J connectivity index is 1.74. The van der Waals surface area contributed by atoms with Crippen molar-refractivity contribution in [1.82, 2.24) is 48.0 Å². The first kappa shape index (κ1) is 52.4. The number of carbonyl (C=O) groups excluding carboxylic acids is 9. The third-order valence-electron chi connectivity index (χ3n) is 10.4. The number of carbonyl (C=O) groups is 9. The maximum atomic E-state index is 13.5. The molecule has 61 heavy (non-hydrogen) atoms. The zero-order valence-corrected chi connectivity index (χ0v) is 36.7. The lowest BCUT2D eigenvalue weighted by molar-refractivity contribution is -0.137. The average molecular weight is 884 g/mol. The maximum Gasteiger partial charge on any atom is 0.315 e. The van der Waals surface area contributed by atoms with E-state index in [4.69, 9.17) is 16.7 Å². The zero-order valence-electron chi connectivity index (χ0n) is 35.9. The van der Waals surface area contributed by atoms with Gasteiger partial charge < -0.3 is 54.0 Å². The highest BCUT2D eigenvalue weighted by molar-refractivity contribution is 8.00. The van der Waals surface area contributed by atoms with E-state index in [1.165, 1.54) is 5.48 Å². The van der Waals surface area contributed by atoms with E-state index in [1.807, 2.05) is 25.6 Å². The minimum Gasteiger partial charge on any atom is -0.368 e. The molecule has 0 aromatic carbocycles. The number of nitrogens with one attached hydrogen (secondary N) is 9. The molecule has 0 radical (unpaired) electrons. The van der Waals surface area contributed by atoms with Gasteiger partial charge in [-0.3, -0.25) is 43.6 Å². The van der Waals surface area contributed by atoms with Crippen LogP contribution < -0.4 is 59.5 Å². The number of urea groups is 1. The van der Waals surface area contributed by atoms with Crippen LogP contribution in [0.4, 0.5) is 4.79 Å². The van der Waals surface area contributed by atoms with Crippen molar-refractivity contribution < 1.29 is 48.4 Å². The smallest absolute Gasteiger partial charge is 0.315 e. The number of fused-ring (bicyclic) bond motifs is 1. The van der Waals surface area contributed by atoms with Crippen LogP contribution in [-0.4, -0.2) is 126 Å². The number of nitrogens with two attached hydrogens (primary N) is 2. The molecule has 0 bridgehead atoms. The van der Waals surface area contributed by atoms with Crippen LogP contribution in [0, 0.1) is 17.8 Å². The molecule has 346 valence electrons. The molecule has 2 heterocycles. The Morgan fingerprint density at radius 2 is 1.44 bits per heavy atom. The number of amides is 10. The van der Waals surface area contributed by atoms with Gasteiger partial charge in [-0.05, 0) is 76.2 Å². The SMILES string of the molecule is CC(C)CC(CC(=O)NO)C(=O)N[C@@H](CCCCN)C(=O)N[C@H](C(=O)NCC(=O)NCC(=O)N[C@@H](CCCCNC(=O)CCCC[C@@H]1SC[C@@H]2NC(=O)N[C@@H]21)C(N)=O)C(C)C. The van der Waals surface area contributed by atoms with Crippen molar-refractivity contribution >= 4 is 65.1 Å². The van der Waals surface area contributed by atoms with E-state index in [9.17, 15) is 43.2 Å². The fraction of sp³-hybridized carbons (Fsp3) is 0.769. The number of primary amides is 1. The third-order valence-corrected chi connectivity index (χ3v) is 11.9. The van der Waals surface area contributed by atoms with Gasteiger partial charge in [0.05, 0.1) is 25.2 Å². The molecule has 0 aromatic heterocycles. The Labute approximate surface area is 362 Å². The first-order valence-electron chi connectivity index (χ1n) is 21.3. The molecule has 2 rings (SSSR count). The quantitative estimate of drug-likeness (QED) is 0.0170. The highest BCUT2D eigenvalue weighted by Gasteiger charge is 2.42. The second-order valence-corrected chi connectivity index (χ2v) is 17.6. The predicted octanol–water partition coefficient (Wildman–Crippen LogP) is -1.49.